The van der Waals surface area contributed by atoms with Gasteiger partial charge in [0.15, 0.2) is 11.0 Å². The lowest BCUT2D eigenvalue weighted by atomic mass is 10.3. The van der Waals surface area contributed by atoms with Crippen LogP contribution in [0.15, 0.2) is 18.6 Å². The van der Waals surface area contributed by atoms with Crippen molar-refractivity contribution < 1.29 is 8.78 Å². The minimum absolute atomic E-state index is 0.193. The molecule has 0 radical (unpaired) electrons. The summed E-state index contributed by atoms with van der Waals surface area (Å²) in [5, 5.41) is 12.1. The second kappa shape index (κ2) is 4.43. The molecule has 0 aliphatic heterocycles. The van der Waals surface area contributed by atoms with Crippen LogP contribution >= 0.6 is 11.6 Å². The summed E-state index contributed by atoms with van der Waals surface area (Å²) in [5.41, 5.74) is -1.00. The lowest BCUT2D eigenvalue weighted by Gasteiger charge is -1.99. The lowest BCUT2D eigenvalue weighted by molar-refractivity contribution is 0.145. The van der Waals surface area contributed by atoms with E-state index in [0.29, 0.717) is 0 Å². The Morgan fingerprint density at radius 1 is 1.47 bits per heavy atom. The first-order valence-electron chi connectivity index (χ1n) is 4.38. The van der Waals surface area contributed by atoms with Crippen molar-refractivity contribution in [3.63, 3.8) is 0 Å². The van der Waals surface area contributed by atoms with E-state index in [1.165, 1.54) is 18.6 Å². The molecule has 0 atom stereocenters. The van der Waals surface area contributed by atoms with Gasteiger partial charge in [0.2, 0.25) is 0 Å². The normalized spacial score (nSPS) is 10.5. The zero-order chi connectivity index (χ0) is 12.4. The molecule has 0 unspecified atom stereocenters. The minimum atomic E-state index is -2.87. The van der Waals surface area contributed by atoms with Gasteiger partial charge in [-0.3, -0.25) is 0 Å². The van der Waals surface area contributed by atoms with Crippen molar-refractivity contribution in [2.24, 2.45) is 0 Å². The van der Waals surface area contributed by atoms with Gasteiger partial charge >= 0.3 is 0 Å². The van der Waals surface area contributed by atoms with Crippen molar-refractivity contribution in [1.29, 1.82) is 5.26 Å². The maximum atomic E-state index is 12.6. The standard InChI is InChI=1S/C9H4ClF2N5/c10-8-5(3-13)7(9(11)12)16-17(8)6-1-2-14-4-15-6/h1-2,4,9H. The Balaban J connectivity index is 2.62. The quantitative estimate of drug-likeness (QED) is 0.824. The van der Waals surface area contributed by atoms with Crippen LogP contribution in [-0.2, 0) is 0 Å². The molecule has 2 rings (SSSR count). The van der Waals surface area contributed by atoms with E-state index >= 15 is 0 Å². The Labute approximate surface area is 99.3 Å². The second-order valence-corrected chi connectivity index (χ2v) is 3.30. The summed E-state index contributed by atoms with van der Waals surface area (Å²) in [6, 6.07) is 3.04. The summed E-state index contributed by atoms with van der Waals surface area (Å²) < 4.78 is 26.2. The molecule has 86 valence electrons. The summed E-state index contributed by atoms with van der Waals surface area (Å²) in [6.45, 7) is 0. The number of aromatic nitrogens is 4. The molecule has 8 heteroatoms. The smallest absolute Gasteiger partial charge is 0.245 e. The third kappa shape index (κ3) is 1.94. The van der Waals surface area contributed by atoms with Gasteiger partial charge in [0, 0.05) is 12.3 Å². The second-order valence-electron chi connectivity index (χ2n) is 2.94. The maximum absolute atomic E-state index is 12.6. The predicted molar refractivity (Wildman–Crippen MR) is 53.8 cm³/mol. The van der Waals surface area contributed by atoms with Crippen LogP contribution in [0.3, 0.4) is 0 Å². The van der Waals surface area contributed by atoms with Crippen LogP contribution in [0.4, 0.5) is 8.78 Å². The van der Waals surface area contributed by atoms with Crippen LogP contribution in [0.25, 0.3) is 5.82 Å². The van der Waals surface area contributed by atoms with Gasteiger partial charge < -0.3 is 0 Å². The molecule has 2 aromatic heterocycles. The van der Waals surface area contributed by atoms with Crippen molar-refractivity contribution in [2.75, 3.05) is 0 Å². The first kappa shape index (κ1) is 11.4. The Hall–Kier alpha value is -2.07. The molecule has 0 aromatic carbocycles. The zero-order valence-electron chi connectivity index (χ0n) is 8.18. The van der Waals surface area contributed by atoms with Gasteiger partial charge in [0.25, 0.3) is 6.43 Å². The molecule has 0 spiro atoms. The molecule has 2 aromatic rings. The average Bonchev–Trinajstić information content (AvgIpc) is 2.67. The fourth-order valence-electron chi connectivity index (χ4n) is 1.23. The van der Waals surface area contributed by atoms with Crippen molar-refractivity contribution >= 4 is 11.6 Å². The molecular formula is C9H4ClF2N5. The predicted octanol–water partition coefficient (Wildman–Crippen LogP) is 2.12. The molecule has 0 aliphatic rings. The van der Waals surface area contributed by atoms with Gasteiger partial charge in [0.05, 0.1) is 0 Å². The van der Waals surface area contributed by atoms with E-state index in [0.717, 1.165) is 4.68 Å². The van der Waals surface area contributed by atoms with E-state index in [1.54, 1.807) is 6.07 Å². The van der Waals surface area contributed by atoms with Gasteiger partial charge in [-0.2, -0.15) is 10.4 Å². The van der Waals surface area contributed by atoms with Crippen molar-refractivity contribution in [1.82, 2.24) is 19.7 Å². The van der Waals surface area contributed by atoms with Gasteiger partial charge in [-0.15, -0.1) is 0 Å². The van der Waals surface area contributed by atoms with E-state index in [1.807, 2.05) is 0 Å². The molecule has 17 heavy (non-hydrogen) atoms. The molecule has 0 amide bonds. The fraction of sp³-hybridized carbons (Fsp3) is 0.111. The number of nitriles is 1. The molecule has 2 heterocycles. The molecule has 0 fully saturated rings. The van der Waals surface area contributed by atoms with E-state index in [4.69, 9.17) is 16.9 Å². The molecular weight excluding hydrogens is 252 g/mol. The lowest BCUT2D eigenvalue weighted by Crippen LogP contribution is -2.00. The highest BCUT2D eigenvalue weighted by Crippen LogP contribution is 2.28. The molecule has 0 bridgehead atoms. The minimum Gasteiger partial charge on any atom is -0.245 e. The number of halogens is 3. The zero-order valence-corrected chi connectivity index (χ0v) is 8.94. The highest BCUT2D eigenvalue weighted by molar-refractivity contribution is 6.31. The summed E-state index contributed by atoms with van der Waals surface area (Å²) in [6.07, 6.45) is -0.235. The fourth-order valence-corrected chi connectivity index (χ4v) is 1.49. The topological polar surface area (TPSA) is 67.4 Å². The Bertz CT molecular complexity index is 575. The molecule has 0 aliphatic carbocycles. The molecule has 0 saturated carbocycles. The van der Waals surface area contributed by atoms with E-state index in [9.17, 15) is 8.78 Å². The molecule has 0 saturated heterocycles. The van der Waals surface area contributed by atoms with Crippen LogP contribution in [0.2, 0.25) is 5.15 Å². The van der Waals surface area contributed by atoms with Gasteiger partial charge in [-0.05, 0) is 0 Å². The van der Waals surface area contributed by atoms with Crippen LogP contribution in [0.1, 0.15) is 17.7 Å². The third-order valence-electron chi connectivity index (χ3n) is 1.96. The van der Waals surface area contributed by atoms with E-state index in [2.05, 4.69) is 15.1 Å². The number of nitrogens with zero attached hydrogens (tertiary/aromatic N) is 5. The van der Waals surface area contributed by atoms with Crippen molar-refractivity contribution in [3.05, 3.63) is 35.0 Å². The number of alkyl halides is 2. The monoisotopic (exact) mass is 255 g/mol. The van der Waals surface area contributed by atoms with Crippen LogP contribution in [0.5, 0.6) is 0 Å². The largest absolute Gasteiger partial charge is 0.283 e. The number of rotatable bonds is 2. The van der Waals surface area contributed by atoms with Crippen molar-refractivity contribution in [3.8, 4) is 11.9 Å². The summed E-state index contributed by atoms with van der Waals surface area (Å²) >= 11 is 5.79. The third-order valence-corrected chi connectivity index (χ3v) is 2.31. The Morgan fingerprint density at radius 2 is 2.24 bits per heavy atom. The van der Waals surface area contributed by atoms with Crippen LogP contribution < -0.4 is 0 Å². The average molecular weight is 256 g/mol. The highest BCUT2D eigenvalue weighted by Gasteiger charge is 2.24. The van der Waals surface area contributed by atoms with E-state index in [-0.39, 0.29) is 16.5 Å². The van der Waals surface area contributed by atoms with Gasteiger partial charge in [-0.1, -0.05) is 11.6 Å². The first-order chi connectivity index (χ1) is 8.15. The summed E-state index contributed by atoms with van der Waals surface area (Å²) in [5.74, 6) is 0.216. The highest BCUT2D eigenvalue weighted by atomic mass is 35.5. The van der Waals surface area contributed by atoms with Crippen molar-refractivity contribution in [2.45, 2.75) is 6.43 Å². The molecule has 5 nitrogen and oxygen atoms in total. The Morgan fingerprint density at radius 3 is 2.71 bits per heavy atom. The summed E-state index contributed by atoms with van der Waals surface area (Å²) in [4.78, 5) is 7.49. The van der Waals surface area contributed by atoms with E-state index < -0.39 is 12.1 Å². The number of hydrogen-bond acceptors (Lipinski definition) is 4. The first-order valence-corrected chi connectivity index (χ1v) is 4.76. The van der Waals surface area contributed by atoms with Gasteiger partial charge in [0.1, 0.15) is 23.7 Å². The summed E-state index contributed by atoms with van der Waals surface area (Å²) in [7, 11) is 0. The molecule has 0 N–H and O–H groups in total. The van der Waals surface area contributed by atoms with Gasteiger partial charge in [-0.25, -0.2) is 23.4 Å². The van der Waals surface area contributed by atoms with Crippen LogP contribution in [0, 0.1) is 11.3 Å². The maximum Gasteiger partial charge on any atom is 0.283 e. The Kier molecular flexibility index (Phi) is 2.97. The SMILES string of the molecule is N#Cc1c(C(F)F)nn(-c2ccncn2)c1Cl. The number of hydrogen-bond donors (Lipinski definition) is 0. The van der Waals surface area contributed by atoms with Crippen LogP contribution in [-0.4, -0.2) is 19.7 Å².